The van der Waals surface area contributed by atoms with E-state index < -0.39 is 28.5 Å². The molecule has 0 bridgehead atoms. The molecule has 11 heteroatoms. The van der Waals surface area contributed by atoms with Crippen LogP contribution in [0.2, 0.25) is 0 Å². The molecule has 2 aliphatic rings. The van der Waals surface area contributed by atoms with E-state index in [2.05, 4.69) is 10.4 Å². The lowest BCUT2D eigenvalue weighted by atomic mass is 10.1. The zero-order valence-corrected chi connectivity index (χ0v) is 19.2. The van der Waals surface area contributed by atoms with Gasteiger partial charge in [0.25, 0.3) is 5.91 Å². The van der Waals surface area contributed by atoms with Gasteiger partial charge in [0.05, 0.1) is 10.6 Å². The summed E-state index contributed by atoms with van der Waals surface area (Å²) >= 11 is 0. The van der Waals surface area contributed by atoms with E-state index in [-0.39, 0.29) is 35.0 Å². The molecule has 1 fully saturated rings. The number of para-hydroxylation sites is 1. The van der Waals surface area contributed by atoms with Gasteiger partial charge in [-0.05, 0) is 43.2 Å². The molecule has 2 aliphatic heterocycles. The minimum Gasteiger partial charge on any atom is -0.451 e. The van der Waals surface area contributed by atoms with Gasteiger partial charge in [-0.15, -0.1) is 0 Å². The van der Waals surface area contributed by atoms with E-state index >= 15 is 0 Å². The summed E-state index contributed by atoms with van der Waals surface area (Å²) in [6.45, 7) is 0.373. The van der Waals surface area contributed by atoms with Crippen molar-refractivity contribution in [3.8, 4) is 0 Å². The standard InChI is InChI=1S/C23H24N4O6S/c28-21(24-17-7-6-10-19(15-17)34(31,32)26-13-4-5-14-26)16-33-23(30)20-11-12-22(29)27(25-20)18-8-2-1-3-9-18/h1-3,6-10,15H,4-5,11-14,16H2,(H,24,28). The van der Waals surface area contributed by atoms with Crippen molar-refractivity contribution in [3.63, 3.8) is 0 Å². The maximum absolute atomic E-state index is 12.7. The van der Waals surface area contributed by atoms with Crippen molar-refractivity contribution in [2.24, 2.45) is 5.10 Å². The lowest BCUT2D eigenvalue weighted by Gasteiger charge is -2.22. The lowest BCUT2D eigenvalue weighted by Crippen LogP contribution is -2.35. The number of sulfonamides is 1. The molecule has 2 aromatic carbocycles. The first kappa shape index (κ1) is 23.6. The molecule has 0 saturated carbocycles. The van der Waals surface area contributed by atoms with Crippen molar-refractivity contribution in [2.45, 2.75) is 30.6 Å². The molecule has 0 radical (unpaired) electrons. The number of rotatable bonds is 7. The van der Waals surface area contributed by atoms with Gasteiger partial charge in [0.1, 0.15) is 5.71 Å². The molecule has 178 valence electrons. The van der Waals surface area contributed by atoms with Gasteiger partial charge in [-0.2, -0.15) is 9.41 Å². The largest absolute Gasteiger partial charge is 0.451 e. The second kappa shape index (κ2) is 10.1. The molecule has 1 saturated heterocycles. The van der Waals surface area contributed by atoms with Gasteiger partial charge in [-0.3, -0.25) is 9.59 Å². The van der Waals surface area contributed by atoms with Gasteiger partial charge < -0.3 is 10.1 Å². The minimum atomic E-state index is -3.62. The van der Waals surface area contributed by atoms with Crippen molar-refractivity contribution in [2.75, 3.05) is 30.0 Å². The highest BCUT2D eigenvalue weighted by molar-refractivity contribution is 7.89. The maximum atomic E-state index is 12.7. The van der Waals surface area contributed by atoms with Gasteiger partial charge >= 0.3 is 5.97 Å². The summed E-state index contributed by atoms with van der Waals surface area (Å²) in [7, 11) is -3.62. The molecule has 4 rings (SSSR count). The quantitative estimate of drug-likeness (QED) is 0.600. The summed E-state index contributed by atoms with van der Waals surface area (Å²) in [4.78, 5) is 37.0. The fourth-order valence-electron chi connectivity index (χ4n) is 3.69. The number of esters is 1. The third kappa shape index (κ3) is 5.32. The summed E-state index contributed by atoms with van der Waals surface area (Å²) in [5.41, 5.74) is 0.839. The Kier molecular flexibility index (Phi) is 7.03. The third-order valence-corrected chi connectivity index (χ3v) is 7.32. The van der Waals surface area contributed by atoms with Crippen LogP contribution in [0.3, 0.4) is 0 Å². The van der Waals surface area contributed by atoms with Crippen LogP contribution in [0.15, 0.2) is 64.6 Å². The van der Waals surface area contributed by atoms with E-state index in [1.807, 2.05) is 0 Å². The van der Waals surface area contributed by atoms with E-state index in [0.29, 0.717) is 18.8 Å². The van der Waals surface area contributed by atoms with E-state index in [1.165, 1.54) is 22.5 Å². The first-order valence-electron chi connectivity index (χ1n) is 10.9. The number of carbonyl (C=O) groups is 3. The second-order valence-corrected chi connectivity index (χ2v) is 9.79. The Morgan fingerprint density at radius 2 is 1.74 bits per heavy atom. The molecule has 0 aromatic heterocycles. The third-order valence-electron chi connectivity index (χ3n) is 5.42. The Morgan fingerprint density at radius 3 is 2.47 bits per heavy atom. The molecule has 34 heavy (non-hydrogen) atoms. The van der Waals surface area contributed by atoms with Crippen molar-refractivity contribution in [1.29, 1.82) is 0 Å². The summed E-state index contributed by atoms with van der Waals surface area (Å²) in [6, 6.07) is 14.6. The van der Waals surface area contributed by atoms with Gasteiger partial charge in [0, 0.05) is 31.6 Å². The van der Waals surface area contributed by atoms with Crippen LogP contribution in [0.1, 0.15) is 25.7 Å². The SMILES string of the molecule is O=C(COC(=O)C1=NN(c2ccccc2)C(=O)CC1)Nc1cccc(S(=O)(=O)N2CCCC2)c1. The Balaban J connectivity index is 1.36. The van der Waals surface area contributed by atoms with Crippen LogP contribution in [0.4, 0.5) is 11.4 Å². The average Bonchev–Trinajstić information content (AvgIpc) is 3.40. The van der Waals surface area contributed by atoms with Crippen molar-refractivity contribution >= 4 is 44.9 Å². The molecule has 2 heterocycles. The molecule has 0 unspecified atom stereocenters. The predicted octanol–water partition coefficient (Wildman–Crippen LogP) is 2.14. The van der Waals surface area contributed by atoms with Crippen LogP contribution in [-0.4, -0.2) is 55.9 Å². The van der Waals surface area contributed by atoms with Gasteiger partial charge in [-0.25, -0.2) is 18.2 Å². The van der Waals surface area contributed by atoms with Crippen LogP contribution < -0.4 is 10.3 Å². The number of hydrogen-bond donors (Lipinski definition) is 1. The number of carbonyl (C=O) groups excluding carboxylic acids is 3. The first-order chi connectivity index (χ1) is 16.3. The van der Waals surface area contributed by atoms with Crippen LogP contribution in [0.25, 0.3) is 0 Å². The lowest BCUT2D eigenvalue weighted by molar-refractivity contribution is -0.140. The zero-order valence-electron chi connectivity index (χ0n) is 18.3. The topological polar surface area (TPSA) is 125 Å². The first-order valence-corrected chi connectivity index (χ1v) is 12.3. The van der Waals surface area contributed by atoms with Crippen LogP contribution in [0, 0.1) is 0 Å². The van der Waals surface area contributed by atoms with E-state index in [4.69, 9.17) is 4.74 Å². The van der Waals surface area contributed by atoms with Gasteiger partial charge in [0.2, 0.25) is 15.9 Å². The zero-order chi connectivity index (χ0) is 24.1. The molecule has 1 N–H and O–H groups in total. The van der Waals surface area contributed by atoms with Crippen LogP contribution in [-0.2, 0) is 29.1 Å². The molecular weight excluding hydrogens is 460 g/mol. The van der Waals surface area contributed by atoms with Gasteiger partial charge in [-0.1, -0.05) is 24.3 Å². The number of benzene rings is 2. The summed E-state index contributed by atoms with van der Waals surface area (Å²) in [5.74, 6) is -1.67. The highest BCUT2D eigenvalue weighted by atomic mass is 32.2. The van der Waals surface area contributed by atoms with Crippen LogP contribution >= 0.6 is 0 Å². The smallest absolute Gasteiger partial charge is 0.355 e. The fourth-order valence-corrected chi connectivity index (χ4v) is 5.26. The highest BCUT2D eigenvalue weighted by Crippen LogP contribution is 2.23. The Labute approximate surface area is 197 Å². The number of nitrogens with zero attached hydrogens (tertiary/aromatic N) is 3. The molecule has 0 atom stereocenters. The number of hydrogen-bond acceptors (Lipinski definition) is 7. The molecule has 10 nitrogen and oxygen atoms in total. The van der Waals surface area contributed by atoms with E-state index in [1.54, 1.807) is 36.4 Å². The maximum Gasteiger partial charge on any atom is 0.355 e. The molecular formula is C23H24N4O6S. The fraction of sp³-hybridized carbons (Fsp3) is 0.304. The van der Waals surface area contributed by atoms with E-state index in [9.17, 15) is 22.8 Å². The van der Waals surface area contributed by atoms with Crippen molar-refractivity contribution in [3.05, 3.63) is 54.6 Å². The molecule has 2 aromatic rings. The summed E-state index contributed by atoms with van der Waals surface area (Å²) in [5, 5.41) is 7.78. The number of anilines is 2. The molecule has 2 amide bonds. The minimum absolute atomic E-state index is 0.0370. The van der Waals surface area contributed by atoms with Crippen LogP contribution in [0.5, 0.6) is 0 Å². The Bertz CT molecular complexity index is 1220. The van der Waals surface area contributed by atoms with Gasteiger partial charge in [0.15, 0.2) is 6.61 Å². The summed E-state index contributed by atoms with van der Waals surface area (Å²) < 4.78 is 31.9. The number of hydrazone groups is 1. The van der Waals surface area contributed by atoms with Crippen molar-refractivity contribution < 1.29 is 27.5 Å². The Hall–Kier alpha value is -3.57. The summed E-state index contributed by atoms with van der Waals surface area (Å²) in [6.07, 6.45) is 1.85. The Morgan fingerprint density at radius 1 is 1.00 bits per heavy atom. The molecule has 0 spiro atoms. The number of amides is 2. The monoisotopic (exact) mass is 484 g/mol. The number of ether oxygens (including phenoxy) is 1. The van der Waals surface area contributed by atoms with E-state index in [0.717, 1.165) is 17.9 Å². The highest BCUT2D eigenvalue weighted by Gasteiger charge is 2.28. The van der Waals surface area contributed by atoms with Crippen molar-refractivity contribution in [1.82, 2.24) is 4.31 Å². The number of nitrogens with one attached hydrogen (secondary N) is 1. The average molecular weight is 485 g/mol. The second-order valence-electron chi connectivity index (χ2n) is 7.85. The molecule has 0 aliphatic carbocycles. The predicted molar refractivity (Wildman–Crippen MR) is 125 cm³/mol. The normalized spacial score (nSPS) is 16.8.